The number of carbonyl (C=O) groups excluding carboxylic acids is 3. The van der Waals surface area contributed by atoms with Gasteiger partial charge in [-0.05, 0) is 36.4 Å². The fourth-order valence-corrected chi connectivity index (χ4v) is 2.87. The molecule has 0 saturated carbocycles. The van der Waals surface area contributed by atoms with Gasteiger partial charge < -0.3 is 15.0 Å². The molecule has 8 heteroatoms. The van der Waals surface area contributed by atoms with Crippen LogP contribution in [0, 0.1) is 11.7 Å². The highest BCUT2D eigenvalue weighted by molar-refractivity contribution is 6.30. The van der Waals surface area contributed by atoms with E-state index in [2.05, 4.69) is 5.32 Å². The lowest BCUT2D eigenvalue weighted by Crippen LogP contribution is -2.28. The van der Waals surface area contributed by atoms with Crippen LogP contribution in [0.15, 0.2) is 48.5 Å². The van der Waals surface area contributed by atoms with Gasteiger partial charge in [0.1, 0.15) is 5.82 Å². The van der Waals surface area contributed by atoms with E-state index in [0.29, 0.717) is 10.7 Å². The number of nitrogens with zero attached hydrogens (tertiary/aromatic N) is 1. The van der Waals surface area contributed by atoms with Crippen LogP contribution in [-0.4, -0.2) is 30.9 Å². The summed E-state index contributed by atoms with van der Waals surface area (Å²) < 4.78 is 18.5. The monoisotopic (exact) mass is 390 g/mol. The number of benzene rings is 2. The summed E-state index contributed by atoms with van der Waals surface area (Å²) in [6, 6.07) is 12.4. The number of anilines is 2. The molecule has 0 aromatic heterocycles. The summed E-state index contributed by atoms with van der Waals surface area (Å²) >= 11 is 5.83. The van der Waals surface area contributed by atoms with Crippen LogP contribution < -0.4 is 10.2 Å². The second-order valence-electron chi connectivity index (χ2n) is 6.02. The molecule has 1 fully saturated rings. The maximum absolute atomic E-state index is 13.5. The molecule has 0 spiro atoms. The summed E-state index contributed by atoms with van der Waals surface area (Å²) in [7, 11) is 0. The zero-order valence-electron chi connectivity index (χ0n) is 14.2. The minimum atomic E-state index is -0.672. The molecule has 2 aromatic rings. The van der Waals surface area contributed by atoms with Gasteiger partial charge in [-0.25, -0.2) is 4.39 Å². The van der Waals surface area contributed by atoms with Crippen LogP contribution in [0.1, 0.15) is 6.42 Å². The van der Waals surface area contributed by atoms with Crippen molar-refractivity contribution in [3.05, 3.63) is 59.4 Å². The molecular formula is C19H16ClFN2O4. The summed E-state index contributed by atoms with van der Waals surface area (Å²) in [6.07, 6.45) is -0.00358. The van der Waals surface area contributed by atoms with Gasteiger partial charge in [-0.15, -0.1) is 0 Å². The Morgan fingerprint density at radius 1 is 1.19 bits per heavy atom. The van der Waals surface area contributed by atoms with Crippen molar-refractivity contribution in [2.75, 3.05) is 23.4 Å². The first-order chi connectivity index (χ1) is 12.9. The summed E-state index contributed by atoms with van der Waals surface area (Å²) in [5, 5.41) is 2.87. The topological polar surface area (TPSA) is 75.7 Å². The highest BCUT2D eigenvalue weighted by atomic mass is 35.5. The van der Waals surface area contributed by atoms with E-state index >= 15 is 0 Å². The molecule has 0 unspecified atom stereocenters. The van der Waals surface area contributed by atoms with Crippen LogP contribution in [0.4, 0.5) is 15.8 Å². The third kappa shape index (κ3) is 4.62. The Morgan fingerprint density at radius 2 is 1.89 bits per heavy atom. The first-order valence-corrected chi connectivity index (χ1v) is 8.59. The van der Waals surface area contributed by atoms with Crippen molar-refractivity contribution in [2.24, 2.45) is 5.92 Å². The Hall–Kier alpha value is -2.93. The molecule has 3 rings (SSSR count). The molecule has 1 heterocycles. The molecule has 1 N–H and O–H groups in total. The molecule has 0 bridgehead atoms. The molecule has 1 aliphatic rings. The number of halogens is 2. The summed E-state index contributed by atoms with van der Waals surface area (Å²) in [6.45, 7) is -0.396. The number of rotatable bonds is 5. The molecule has 0 radical (unpaired) electrons. The molecule has 0 aliphatic carbocycles. The normalized spacial score (nSPS) is 16.3. The number of carbonyl (C=O) groups is 3. The Kier molecular flexibility index (Phi) is 5.71. The van der Waals surface area contributed by atoms with Gasteiger partial charge in [0.15, 0.2) is 6.61 Å². The number of amides is 2. The van der Waals surface area contributed by atoms with E-state index < -0.39 is 30.2 Å². The largest absolute Gasteiger partial charge is 0.455 e. The minimum Gasteiger partial charge on any atom is -0.455 e. The predicted octanol–water partition coefficient (Wildman–Crippen LogP) is 3.01. The van der Waals surface area contributed by atoms with Gasteiger partial charge in [0, 0.05) is 23.7 Å². The summed E-state index contributed by atoms with van der Waals surface area (Å²) in [5.41, 5.74) is 0.639. The zero-order valence-corrected chi connectivity index (χ0v) is 14.9. The van der Waals surface area contributed by atoms with Crippen LogP contribution in [0.2, 0.25) is 5.02 Å². The number of esters is 1. The van der Waals surface area contributed by atoms with Crippen molar-refractivity contribution in [3.8, 4) is 0 Å². The second kappa shape index (κ2) is 8.18. The number of ether oxygens (including phenoxy) is 1. The van der Waals surface area contributed by atoms with Gasteiger partial charge in [0.2, 0.25) is 5.91 Å². The van der Waals surface area contributed by atoms with Gasteiger partial charge in [-0.3, -0.25) is 14.4 Å². The van der Waals surface area contributed by atoms with Crippen molar-refractivity contribution in [2.45, 2.75) is 6.42 Å². The van der Waals surface area contributed by atoms with Crippen molar-refractivity contribution >= 4 is 40.8 Å². The molecule has 2 amide bonds. The third-order valence-electron chi connectivity index (χ3n) is 4.09. The highest BCUT2D eigenvalue weighted by Gasteiger charge is 2.36. The maximum atomic E-state index is 13.5. The van der Waals surface area contributed by atoms with E-state index in [1.54, 1.807) is 30.3 Å². The number of para-hydroxylation sites is 1. The Labute approximate surface area is 159 Å². The quantitative estimate of drug-likeness (QED) is 0.796. The van der Waals surface area contributed by atoms with E-state index in [1.807, 2.05) is 0 Å². The van der Waals surface area contributed by atoms with E-state index in [0.717, 1.165) is 0 Å². The van der Waals surface area contributed by atoms with Crippen molar-refractivity contribution in [3.63, 3.8) is 0 Å². The molecule has 140 valence electrons. The molecule has 6 nitrogen and oxygen atoms in total. The number of nitrogens with one attached hydrogen (secondary N) is 1. The van der Waals surface area contributed by atoms with Crippen LogP contribution in [0.3, 0.4) is 0 Å². The minimum absolute atomic E-state index is 0.00325. The highest BCUT2D eigenvalue weighted by Crippen LogP contribution is 2.27. The fraction of sp³-hybridized carbons (Fsp3) is 0.211. The predicted molar refractivity (Wildman–Crippen MR) is 97.9 cm³/mol. The Bertz CT molecular complexity index is 872. The molecule has 1 aliphatic heterocycles. The average Bonchev–Trinajstić information content (AvgIpc) is 3.04. The fourth-order valence-electron chi connectivity index (χ4n) is 2.74. The molecular weight excluding hydrogens is 375 g/mol. The third-order valence-corrected chi connectivity index (χ3v) is 4.34. The van der Waals surface area contributed by atoms with Crippen molar-refractivity contribution in [1.82, 2.24) is 0 Å². The van der Waals surface area contributed by atoms with Gasteiger partial charge in [-0.2, -0.15) is 0 Å². The van der Waals surface area contributed by atoms with Crippen LogP contribution >= 0.6 is 11.6 Å². The van der Waals surface area contributed by atoms with E-state index in [1.165, 1.54) is 23.1 Å². The van der Waals surface area contributed by atoms with Crippen molar-refractivity contribution < 1.29 is 23.5 Å². The summed E-state index contributed by atoms with van der Waals surface area (Å²) in [4.78, 5) is 37.6. The Morgan fingerprint density at radius 3 is 2.59 bits per heavy atom. The van der Waals surface area contributed by atoms with Crippen LogP contribution in [0.25, 0.3) is 0 Å². The van der Waals surface area contributed by atoms with Crippen molar-refractivity contribution in [1.29, 1.82) is 0 Å². The van der Waals surface area contributed by atoms with Crippen LogP contribution in [0.5, 0.6) is 0 Å². The lowest BCUT2D eigenvalue weighted by atomic mass is 10.1. The maximum Gasteiger partial charge on any atom is 0.311 e. The molecule has 1 atom stereocenters. The summed E-state index contributed by atoms with van der Waals surface area (Å²) in [5.74, 6) is -2.78. The van der Waals surface area contributed by atoms with E-state index in [9.17, 15) is 18.8 Å². The van der Waals surface area contributed by atoms with Gasteiger partial charge in [-0.1, -0.05) is 23.7 Å². The smallest absolute Gasteiger partial charge is 0.311 e. The first-order valence-electron chi connectivity index (χ1n) is 8.21. The number of hydrogen-bond acceptors (Lipinski definition) is 4. The van der Waals surface area contributed by atoms with E-state index in [-0.39, 0.29) is 24.6 Å². The van der Waals surface area contributed by atoms with Gasteiger partial charge in [0.05, 0.1) is 11.6 Å². The second-order valence-corrected chi connectivity index (χ2v) is 6.45. The molecule has 1 saturated heterocycles. The lowest BCUT2D eigenvalue weighted by molar-refractivity contribution is -0.151. The van der Waals surface area contributed by atoms with Gasteiger partial charge >= 0.3 is 5.97 Å². The molecule has 2 aromatic carbocycles. The zero-order chi connectivity index (χ0) is 19.4. The van der Waals surface area contributed by atoms with Crippen LogP contribution in [-0.2, 0) is 19.1 Å². The lowest BCUT2D eigenvalue weighted by Gasteiger charge is -2.16. The average molecular weight is 391 g/mol. The first kappa shape index (κ1) is 18.8. The number of hydrogen-bond donors (Lipinski definition) is 1. The Balaban J connectivity index is 1.53. The SMILES string of the molecule is O=C(COC(=O)[C@H]1CC(=O)N(c2ccc(Cl)cc2)C1)Nc1ccccc1F. The van der Waals surface area contributed by atoms with E-state index in [4.69, 9.17) is 16.3 Å². The molecule has 27 heavy (non-hydrogen) atoms. The standard InChI is InChI=1S/C19H16ClFN2O4/c20-13-5-7-14(8-6-13)23-10-12(9-18(23)25)19(26)27-11-17(24)22-16-4-2-1-3-15(16)21/h1-8,12H,9-11H2,(H,22,24)/t12-/m0/s1. The van der Waals surface area contributed by atoms with Gasteiger partial charge in [0.25, 0.3) is 5.91 Å².